The first kappa shape index (κ1) is 12.9. The fourth-order valence-corrected chi connectivity index (χ4v) is 0.496. The summed E-state index contributed by atoms with van der Waals surface area (Å²) in [5, 5.41) is 6.66. The zero-order valence-electron chi connectivity index (χ0n) is 6.12. The number of nitrogens with one attached hydrogen (secondary N) is 1. The van der Waals surface area contributed by atoms with Crippen molar-refractivity contribution < 1.29 is 26.8 Å². The predicted molar refractivity (Wildman–Crippen MR) is 37.4 cm³/mol. The van der Waals surface area contributed by atoms with Crippen molar-refractivity contribution in [2.24, 2.45) is 0 Å². The second kappa shape index (κ2) is 16.1. The summed E-state index contributed by atoms with van der Waals surface area (Å²) in [5.74, 6) is 0. The van der Waals surface area contributed by atoms with Crippen molar-refractivity contribution in [3.8, 4) is 0 Å². The molecular weight excluding hydrogens is 313 g/mol. The van der Waals surface area contributed by atoms with Gasteiger partial charge in [-0.3, -0.25) is 0 Å². The minimum absolute atomic E-state index is 0.966. The molecule has 3 N–H and O–H groups in total. The Labute approximate surface area is 71.4 Å². The second-order valence-corrected chi connectivity index (χ2v) is 2.22. The molecule has 0 amide bonds. The molecule has 0 aromatic heterocycles. The van der Waals surface area contributed by atoms with Crippen molar-refractivity contribution >= 4 is 6.21 Å². The van der Waals surface area contributed by atoms with Gasteiger partial charge in [0.05, 0.1) is 0 Å². The molecule has 0 aromatic rings. The number of hydrogen-bond acceptors (Lipinski definition) is 3. The van der Waals surface area contributed by atoms with Crippen molar-refractivity contribution in [2.75, 3.05) is 0 Å². The third-order valence-corrected chi connectivity index (χ3v) is 0.952. The summed E-state index contributed by atoms with van der Waals surface area (Å²) in [6.45, 7) is 2.17. The van der Waals surface area contributed by atoms with Gasteiger partial charge in [-0.05, 0) is 19.1 Å². The van der Waals surface area contributed by atoms with Gasteiger partial charge in [0.25, 0.3) is 0 Å². The molecule has 0 aliphatic rings. The summed E-state index contributed by atoms with van der Waals surface area (Å²) in [6.07, 6.45) is 6.17. The van der Waals surface area contributed by atoms with Crippen LogP contribution in [-0.4, -0.2) is 13.7 Å². The van der Waals surface area contributed by atoms with E-state index in [0.717, 1.165) is 6.42 Å². The number of hydrogen-bond donors (Lipinski definition) is 3. The molecule has 0 aromatic carbocycles. The van der Waals surface area contributed by atoms with Crippen LogP contribution < -0.4 is 0 Å². The van der Waals surface area contributed by atoms with Gasteiger partial charge in [0.2, 0.25) is 0 Å². The van der Waals surface area contributed by atoms with E-state index in [1.54, 1.807) is 0 Å². The molecule has 0 spiro atoms. The van der Waals surface area contributed by atoms with E-state index >= 15 is 0 Å². The molecule has 0 aliphatic carbocycles. The van der Waals surface area contributed by atoms with Gasteiger partial charge in [0, 0.05) is 0 Å². The third kappa shape index (κ3) is 24.0. The molecule has 0 atom stereocenters. The van der Waals surface area contributed by atoms with Crippen molar-refractivity contribution in [1.29, 1.82) is 5.41 Å². The normalized spacial score (nSPS) is 8.30. The Kier molecular flexibility index (Phi) is 20.8. The average molecular weight is 328 g/mol. The molecule has 0 aliphatic heterocycles. The van der Waals surface area contributed by atoms with Gasteiger partial charge < -0.3 is 5.41 Å². The zero-order valence-corrected chi connectivity index (χ0v) is 8.39. The Bertz CT molecular complexity index is 61.7. The van der Waals surface area contributed by atoms with Crippen LogP contribution in [0.5, 0.6) is 0 Å². The van der Waals surface area contributed by atoms with Crippen LogP contribution in [0.1, 0.15) is 32.6 Å². The molecule has 0 radical (unpaired) electrons. The van der Waals surface area contributed by atoms with Crippen LogP contribution in [0.15, 0.2) is 0 Å². The van der Waals surface area contributed by atoms with E-state index in [-0.39, 0.29) is 0 Å². The molecule has 0 saturated heterocycles. The molecule has 0 fully saturated rings. The average Bonchev–Trinajstić information content (AvgIpc) is 1.91. The summed E-state index contributed by atoms with van der Waals surface area (Å²) in [4.78, 5) is 0. The Morgan fingerprint density at radius 3 is 2.20 bits per heavy atom. The van der Waals surface area contributed by atoms with Crippen molar-refractivity contribution in [2.45, 2.75) is 32.6 Å². The predicted octanol–water partition coefficient (Wildman–Crippen LogP) is 1.10. The Morgan fingerprint density at radius 2 is 1.90 bits per heavy atom. The van der Waals surface area contributed by atoms with E-state index in [4.69, 9.17) is 12.9 Å². The Hall–Kier alpha value is 0.278. The quantitative estimate of drug-likeness (QED) is 0.534. The summed E-state index contributed by atoms with van der Waals surface area (Å²) >= 11 is -1.42. The molecule has 4 heteroatoms. The van der Waals surface area contributed by atoms with Crippen LogP contribution in [0, 0.1) is 5.41 Å². The van der Waals surface area contributed by atoms with Crippen molar-refractivity contribution in [3.05, 3.63) is 0 Å². The Balaban J connectivity index is 0. The third-order valence-electron chi connectivity index (χ3n) is 0.952. The van der Waals surface area contributed by atoms with Gasteiger partial charge in [-0.15, -0.1) is 0 Å². The number of unbranched alkanes of at least 4 members (excludes halogenated alkanes) is 3. The maximum absolute atomic E-state index is 7.24. The van der Waals surface area contributed by atoms with E-state index < -0.39 is 19.3 Å². The van der Waals surface area contributed by atoms with Crippen LogP contribution in [-0.2, 0) is 19.3 Å². The summed E-state index contributed by atoms with van der Waals surface area (Å²) in [7, 11) is 0. The molecule has 3 nitrogen and oxygen atoms in total. The van der Waals surface area contributed by atoms with Crippen molar-refractivity contribution in [3.63, 3.8) is 0 Å². The summed E-state index contributed by atoms with van der Waals surface area (Å²) in [5.41, 5.74) is 0. The monoisotopic (exact) mass is 328 g/mol. The standard InChI is InChI=1S/C6H13N.2H2O.Pt/c1-2-3-4-5-6-7;;;/h6-7H,2-5H2,1H3;2*1H2;/q;;;+2/p-2. The fraction of sp³-hybridized carbons (Fsp3) is 0.833. The van der Waals surface area contributed by atoms with Gasteiger partial charge in [-0.1, -0.05) is 19.8 Å². The van der Waals surface area contributed by atoms with Crippen LogP contribution in [0.4, 0.5) is 0 Å². The van der Waals surface area contributed by atoms with E-state index in [9.17, 15) is 0 Å². The van der Waals surface area contributed by atoms with Gasteiger partial charge in [-0.2, -0.15) is 0 Å². The summed E-state index contributed by atoms with van der Waals surface area (Å²) in [6, 6.07) is 0. The molecule has 0 unspecified atom stereocenters. The maximum atomic E-state index is 7.24. The van der Waals surface area contributed by atoms with E-state index in [1.807, 2.05) is 0 Å². The van der Waals surface area contributed by atoms with Crippen LogP contribution >= 0.6 is 0 Å². The second-order valence-electron chi connectivity index (χ2n) is 1.76. The first-order valence-corrected chi connectivity index (χ1v) is 5.22. The zero-order chi connectivity index (χ0) is 8.24. The molecular formula is C6H15NO2Pt. The first-order chi connectivity index (χ1) is 4.83. The van der Waals surface area contributed by atoms with Gasteiger partial charge in [0.15, 0.2) is 0 Å². The van der Waals surface area contributed by atoms with Crippen LogP contribution in [0.25, 0.3) is 0 Å². The van der Waals surface area contributed by atoms with E-state index in [1.165, 1.54) is 25.5 Å². The van der Waals surface area contributed by atoms with Crippen LogP contribution in [0.3, 0.4) is 0 Å². The molecule has 0 rings (SSSR count). The Morgan fingerprint density at radius 1 is 1.40 bits per heavy atom. The topological polar surface area (TPSA) is 64.3 Å². The molecule has 10 heavy (non-hydrogen) atoms. The SMILES string of the molecule is CCCCCC=N.[OH][Pt][OH]. The van der Waals surface area contributed by atoms with Gasteiger partial charge in [-0.25, -0.2) is 0 Å². The molecule has 0 saturated carbocycles. The number of rotatable bonds is 4. The van der Waals surface area contributed by atoms with Crippen molar-refractivity contribution in [1.82, 2.24) is 0 Å². The fourth-order valence-electron chi connectivity index (χ4n) is 0.496. The van der Waals surface area contributed by atoms with E-state index in [2.05, 4.69) is 6.92 Å². The van der Waals surface area contributed by atoms with Gasteiger partial charge in [0.1, 0.15) is 0 Å². The molecule has 0 heterocycles. The molecule has 0 bridgehead atoms. The molecule has 66 valence electrons. The van der Waals surface area contributed by atoms with E-state index in [0.29, 0.717) is 0 Å². The van der Waals surface area contributed by atoms with Crippen LogP contribution in [0.2, 0.25) is 0 Å². The van der Waals surface area contributed by atoms with Gasteiger partial charge >= 0.3 is 26.8 Å². The first-order valence-electron chi connectivity index (χ1n) is 3.19. The summed E-state index contributed by atoms with van der Waals surface area (Å²) < 4.78 is 14.5. The minimum atomic E-state index is -1.42.